The van der Waals surface area contributed by atoms with Crippen LogP contribution in [0, 0.1) is 0 Å². The van der Waals surface area contributed by atoms with Crippen molar-refractivity contribution in [1.29, 1.82) is 0 Å². The van der Waals surface area contributed by atoms with Crippen LogP contribution in [0.2, 0.25) is 0 Å². The lowest BCUT2D eigenvalue weighted by atomic mass is 9.94. The molecular weight excluding hydrogens is 588 g/mol. The summed E-state index contributed by atoms with van der Waals surface area (Å²) in [5.74, 6) is -0.284. The van der Waals surface area contributed by atoms with Gasteiger partial charge in [0, 0.05) is 5.39 Å². The fourth-order valence-electron chi connectivity index (χ4n) is 5.30. The number of para-hydroxylation sites is 1. The number of fused-ring (bicyclic) bond motifs is 2. The predicted molar refractivity (Wildman–Crippen MR) is 164 cm³/mol. The van der Waals surface area contributed by atoms with E-state index < -0.39 is 23.5 Å². The lowest BCUT2D eigenvalue weighted by molar-refractivity contribution is -0.117. The molecule has 0 spiro atoms. The second-order valence-corrected chi connectivity index (χ2v) is 10.7. The third-order valence-electron chi connectivity index (χ3n) is 7.27. The zero-order valence-corrected chi connectivity index (χ0v) is 25.3. The Bertz CT molecular complexity index is 1930. The number of hydrogen-bond donors (Lipinski definition) is 1. The molecule has 3 heterocycles. The van der Waals surface area contributed by atoms with Gasteiger partial charge >= 0.3 is 0 Å². The first kappa shape index (κ1) is 28.9. The zero-order chi connectivity index (χ0) is 31.1. The van der Waals surface area contributed by atoms with Gasteiger partial charge in [-0.3, -0.25) is 14.5 Å². The minimum absolute atomic E-state index is 0.0798. The van der Waals surface area contributed by atoms with Crippen molar-refractivity contribution in [2.75, 3.05) is 39.9 Å². The molecule has 2 aromatic heterocycles. The number of furan rings is 1. The maximum absolute atomic E-state index is 14.2. The smallest absolute Gasteiger partial charge is 0.296 e. The summed E-state index contributed by atoms with van der Waals surface area (Å²) >= 11 is 1.22. The highest BCUT2D eigenvalue weighted by atomic mass is 32.1. The number of ketones is 1. The van der Waals surface area contributed by atoms with E-state index in [1.54, 1.807) is 48.5 Å². The van der Waals surface area contributed by atoms with Gasteiger partial charge in [0.05, 0.1) is 56.9 Å². The van der Waals surface area contributed by atoms with E-state index in [0.29, 0.717) is 57.4 Å². The molecule has 0 saturated carbocycles. The molecule has 1 amide bonds. The van der Waals surface area contributed by atoms with Crippen LogP contribution in [0.4, 0.5) is 5.13 Å². The van der Waals surface area contributed by atoms with Crippen LogP contribution in [0.1, 0.15) is 29.1 Å². The minimum Gasteiger partial charge on any atom is -0.503 e. The van der Waals surface area contributed by atoms with E-state index in [9.17, 15) is 14.7 Å². The fourth-order valence-corrected chi connectivity index (χ4v) is 6.32. The third kappa shape index (κ3) is 4.63. The highest BCUT2D eigenvalue weighted by Gasteiger charge is 2.47. The number of ether oxygens (including phenoxy) is 5. The SMILES string of the molecule is CCOc1ccc2nc(N3C(=O)C(O)=C(C(=O)c4cc5cccc(OC)c5o4)C3c3cc(OC)c(OC)c(OC)c3)sc2c1. The highest BCUT2D eigenvalue weighted by molar-refractivity contribution is 7.22. The molecule has 1 unspecified atom stereocenters. The van der Waals surface area contributed by atoms with Crippen LogP contribution < -0.4 is 28.6 Å². The van der Waals surface area contributed by atoms with Crippen LogP contribution in [0.5, 0.6) is 28.7 Å². The summed E-state index contributed by atoms with van der Waals surface area (Å²) in [7, 11) is 5.89. The number of thiazole rings is 1. The van der Waals surface area contributed by atoms with E-state index in [4.69, 9.17) is 33.1 Å². The Morgan fingerprint density at radius 2 is 1.70 bits per heavy atom. The number of amides is 1. The van der Waals surface area contributed by atoms with Crippen molar-refractivity contribution < 1.29 is 42.8 Å². The molecule has 1 atom stereocenters. The summed E-state index contributed by atoms with van der Waals surface area (Å²) in [5.41, 5.74) is 1.19. The summed E-state index contributed by atoms with van der Waals surface area (Å²) < 4.78 is 34.4. The Morgan fingerprint density at radius 3 is 2.36 bits per heavy atom. The number of aliphatic hydroxyl groups is 1. The van der Waals surface area contributed by atoms with Crippen molar-refractivity contribution in [3.63, 3.8) is 0 Å². The summed E-state index contributed by atoms with van der Waals surface area (Å²) in [5, 5.41) is 12.2. The Kier molecular flexibility index (Phi) is 7.52. The van der Waals surface area contributed by atoms with Gasteiger partial charge < -0.3 is 33.2 Å². The monoisotopic (exact) mass is 616 g/mol. The average Bonchev–Trinajstić information content (AvgIpc) is 3.73. The van der Waals surface area contributed by atoms with Gasteiger partial charge in [-0.05, 0) is 55.0 Å². The van der Waals surface area contributed by atoms with Gasteiger partial charge in [-0.15, -0.1) is 0 Å². The van der Waals surface area contributed by atoms with Gasteiger partial charge in [-0.25, -0.2) is 4.98 Å². The minimum atomic E-state index is -1.13. The second kappa shape index (κ2) is 11.5. The molecule has 0 radical (unpaired) electrons. The molecule has 3 aromatic carbocycles. The van der Waals surface area contributed by atoms with E-state index >= 15 is 0 Å². The van der Waals surface area contributed by atoms with Gasteiger partial charge in [0.1, 0.15) is 5.75 Å². The van der Waals surface area contributed by atoms with Crippen molar-refractivity contribution in [3.8, 4) is 28.7 Å². The molecule has 5 aromatic rings. The first-order chi connectivity index (χ1) is 21.3. The second-order valence-electron chi connectivity index (χ2n) is 9.68. The Balaban J connectivity index is 1.54. The number of nitrogens with zero attached hydrogens (tertiary/aromatic N) is 2. The van der Waals surface area contributed by atoms with E-state index in [0.717, 1.165) is 4.70 Å². The molecular formula is C32H28N2O9S. The number of methoxy groups -OCH3 is 4. The van der Waals surface area contributed by atoms with E-state index in [-0.39, 0.29) is 16.5 Å². The molecule has 226 valence electrons. The Labute approximate surface area is 255 Å². The number of aliphatic hydroxyl groups excluding tert-OH is 1. The maximum atomic E-state index is 14.2. The Hall–Kier alpha value is -5.23. The van der Waals surface area contributed by atoms with Gasteiger partial charge in [0.25, 0.3) is 5.91 Å². The fraction of sp³-hybridized carbons (Fsp3) is 0.219. The number of benzene rings is 3. The molecule has 44 heavy (non-hydrogen) atoms. The van der Waals surface area contributed by atoms with Crippen LogP contribution in [-0.4, -0.2) is 56.8 Å². The van der Waals surface area contributed by atoms with Crippen molar-refractivity contribution in [2.45, 2.75) is 13.0 Å². The van der Waals surface area contributed by atoms with Crippen LogP contribution in [0.3, 0.4) is 0 Å². The molecule has 1 aliphatic rings. The summed E-state index contributed by atoms with van der Waals surface area (Å²) in [6.07, 6.45) is 0. The average molecular weight is 617 g/mol. The zero-order valence-electron chi connectivity index (χ0n) is 24.5. The highest BCUT2D eigenvalue weighted by Crippen LogP contribution is 2.48. The van der Waals surface area contributed by atoms with Crippen molar-refractivity contribution in [3.05, 3.63) is 77.3 Å². The molecule has 0 aliphatic carbocycles. The largest absolute Gasteiger partial charge is 0.503 e. The predicted octanol–water partition coefficient (Wildman–Crippen LogP) is 6.26. The van der Waals surface area contributed by atoms with Gasteiger partial charge in [0.2, 0.25) is 11.5 Å². The number of anilines is 1. The molecule has 0 saturated heterocycles. The van der Waals surface area contributed by atoms with Gasteiger partial charge in [-0.1, -0.05) is 23.5 Å². The topological polar surface area (TPSA) is 130 Å². The first-order valence-electron chi connectivity index (χ1n) is 13.5. The van der Waals surface area contributed by atoms with E-state index in [2.05, 4.69) is 0 Å². The Morgan fingerprint density at radius 1 is 0.977 bits per heavy atom. The molecule has 0 fully saturated rings. The number of hydrogen-bond acceptors (Lipinski definition) is 11. The molecule has 0 bridgehead atoms. The van der Waals surface area contributed by atoms with Gasteiger partial charge in [0.15, 0.2) is 39.5 Å². The normalized spacial score (nSPS) is 14.9. The van der Waals surface area contributed by atoms with Crippen LogP contribution >= 0.6 is 11.3 Å². The molecule has 12 heteroatoms. The van der Waals surface area contributed by atoms with E-state index in [1.165, 1.54) is 44.7 Å². The van der Waals surface area contributed by atoms with Crippen molar-refractivity contribution in [1.82, 2.24) is 4.98 Å². The number of aromatic nitrogens is 1. The molecule has 1 N–H and O–H groups in total. The first-order valence-corrected chi connectivity index (χ1v) is 14.4. The molecule has 1 aliphatic heterocycles. The van der Waals surface area contributed by atoms with Crippen molar-refractivity contribution in [2.24, 2.45) is 0 Å². The molecule has 6 rings (SSSR count). The lowest BCUT2D eigenvalue weighted by Gasteiger charge is -2.25. The maximum Gasteiger partial charge on any atom is 0.296 e. The standard InChI is InChI=1S/C32H28N2O9S/c1-6-42-18-10-11-19-24(15-18)44-32(33-19)34-26(17-13-22(39-3)30(41-5)23(14-17)40-4)25(28(36)31(34)37)27(35)21-12-16-8-7-9-20(38-2)29(16)43-21/h7-15,26,36H,6H2,1-5H3. The number of carbonyl (C=O) groups is 2. The third-order valence-corrected chi connectivity index (χ3v) is 8.29. The number of Topliss-reactive ketones (excluding diaryl/α,β-unsaturated/α-hetero) is 1. The van der Waals surface area contributed by atoms with Gasteiger partial charge in [-0.2, -0.15) is 0 Å². The summed E-state index contributed by atoms with van der Waals surface area (Å²) in [6.45, 7) is 2.38. The quantitative estimate of drug-likeness (QED) is 0.180. The van der Waals surface area contributed by atoms with Crippen LogP contribution in [-0.2, 0) is 4.79 Å². The lowest BCUT2D eigenvalue weighted by Crippen LogP contribution is -2.31. The van der Waals surface area contributed by atoms with Crippen LogP contribution in [0.25, 0.3) is 21.2 Å². The summed E-state index contributed by atoms with van der Waals surface area (Å²) in [4.78, 5) is 34.0. The number of rotatable bonds is 10. The number of carbonyl (C=O) groups excluding carboxylic acids is 2. The summed E-state index contributed by atoms with van der Waals surface area (Å²) in [6, 6.07) is 14.3. The van der Waals surface area contributed by atoms with E-state index in [1.807, 2.05) is 13.0 Å². The van der Waals surface area contributed by atoms with Crippen molar-refractivity contribution >= 4 is 49.3 Å². The molecule has 11 nitrogen and oxygen atoms in total. The van der Waals surface area contributed by atoms with Crippen LogP contribution in [0.15, 0.2) is 70.3 Å².